The molecule has 0 fully saturated rings. The van der Waals surface area contributed by atoms with E-state index < -0.39 is 0 Å². The first-order valence-electron chi connectivity index (χ1n) is 28.4. The fourth-order valence-electron chi connectivity index (χ4n) is 14.3. The number of rotatable bonds is 5. The molecule has 7 aromatic carbocycles. The second-order valence-corrected chi connectivity index (χ2v) is 24.3. The summed E-state index contributed by atoms with van der Waals surface area (Å²) in [5.74, 6) is 2.09. The van der Waals surface area contributed by atoms with Crippen molar-refractivity contribution in [1.29, 1.82) is 0 Å². The zero-order valence-corrected chi connectivity index (χ0v) is 52.7. The predicted octanol–water partition coefficient (Wildman–Crippen LogP) is -37.2. The van der Waals surface area contributed by atoms with E-state index >= 15 is 0 Å². The van der Waals surface area contributed by atoms with Crippen LogP contribution in [0.4, 0.5) is 0 Å². The molecular weight excluding hydrogens is 915 g/mol. The monoisotopic (exact) mass is 977 g/mol. The van der Waals surface area contributed by atoms with Crippen LogP contribution in [0.3, 0.4) is 0 Å². The summed E-state index contributed by atoms with van der Waals surface area (Å²) in [6.45, 7) is 0. The SMILES string of the molecule is Bc1c(B)c(B)c(-c2nc(-c3c(B)c(B)c(B)c(B)c3B)nc(-c3c(B)c(B)c4c(oc5c(B)c(B)c(B)c(-n6c7c(B)c(B)c(B)c(B)c7c7c(B)c(B)c(-c8c(B)c(B)c(B)c(B)c8B)c(B)c76)c54)c3B)n2)c(B)c1B. The summed E-state index contributed by atoms with van der Waals surface area (Å²) in [7, 11) is 64.1. The van der Waals surface area contributed by atoms with Gasteiger partial charge in [0, 0.05) is 33.1 Å². The van der Waals surface area contributed by atoms with E-state index in [0.29, 0.717) is 17.5 Å². The van der Waals surface area contributed by atoms with Crippen molar-refractivity contribution in [3.63, 3.8) is 0 Å². The highest BCUT2D eigenvalue weighted by atomic mass is 16.3. The Hall–Kier alpha value is -5.03. The van der Waals surface area contributed by atoms with Gasteiger partial charge >= 0.3 is 0 Å². The zero-order valence-electron chi connectivity index (χ0n) is 52.7. The van der Waals surface area contributed by atoms with E-state index in [2.05, 4.69) is 224 Å². The molecule has 0 unspecified atom stereocenters. The van der Waals surface area contributed by atoms with Gasteiger partial charge in [-0.1, -0.05) is 92.9 Å². The second kappa shape index (κ2) is 19.3. The highest BCUT2D eigenvalue weighted by molar-refractivity contribution is 6.75. The summed E-state index contributed by atoms with van der Waals surface area (Å²) in [4.78, 5) is 16.7. The predicted molar refractivity (Wildman–Crippen MR) is 432 cm³/mol. The molecule has 0 saturated carbocycles. The van der Waals surface area contributed by atoms with Crippen LogP contribution in [0, 0.1) is 0 Å². The highest BCUT2D eigenvalue weighted by Gasteiger charge is 2.32. The van der Waals surface area contributed by atoms with Crippen molar-refractivity contribution in [2.75, 3.05) is 0 Å². The lowest BCUT2D eigenvalue weighted by atomic mass is 9.57. The van der Waals surface area contributed by atoms with Gasteiger partial charge in [-0.2, -0.15) is 0 Å². The summed E-state index contributed by atoms with van der Waals surface area (Å²) in [6, 6.07) is 0. The molecule has 0 spiro atoms. The molecule has 10 aromatic rings. The van der Waals surface area contributed by atoms with Gasteiger partial charge in [0.25, 0.3) is 0 Å². The smallest absolute Gasteiger partial charge is 0.163 e. The first-order valence-corrected chi connectivity index (χ1v) is 28.4. The quantitative estimate of drug-likeness (QED) is 0.161. The van der Waals surface area contributed by atoms with Crippen molar-refractivity contribution in [3.05, 3.63) is 0 Å². The van der Waals surface area contributed by atoms with Crippen molar-refractivity contribution in [2.24, 2.45) is 0 Å². The second-order valence-electron chi connectivity index (χ2n) is 24.3. The molecule has 10 rings (SSSR count). The van der Waals surface area contributed by atoms with Crippen LogP contribution in [0.25, 0.3) is 94.7 Å². The summed E-state index contributed by atoms with van der Waals surface area (Å²) in [6.07, 6.45) is 0. The number of aromatic nitrogens is 4. The van der Waals surface area contributed by atoms with E-state index in [0.717, 1.165) is 49.6 Å². The summed E-state index contributed by atoms with van der Waals surface area (Å²) in [5, 5.41) is 5.02. The Morgan fingerprint density at radius 2 is 0.462 bits per heavy atom. The largest absolute Gasteiger partial charge is 0.457 e. The number of benzene rings is 7. The third kappa shape index (κ3) is 7.52. The molecule has 3 heterocycles. The molecule has 0 saturated heterocycles. The van der Waals surface area contributed by atoms with Crippen LogP contribution in [0.2, 0.25) is 0 Å². The number of furan rings is 1. The van der Waals surface area contributed by atoms with Gasteiger partial charge in [0.15, 0.2) is 17.5 Å². The van der Waals surface area contributed by atoms with Gasteiger partial charge in [0.1, 0.15) is 231 Å². The van der Waals surface area contributed by atoms with Gasteiger partial charge in [-0.3, -0.25) is 0 Å². The van der Waals surface area contributed by atoms with Gasteiger partial charge in [0.2, 0.25) is 0 Å². The Morgan fingerprint density at radius 1 is 0.205 bits per heavy atom. The number of nitrogens with zero attached hydrogens (tertiary/aromatic N) is 4. The first kappa shape index (κ1) is 56.3. The normalized spacial score (nSPS) is 11.7. The van der Waals surface area contributed by atoms with E-state index in [1.54, 1.807) is 0 Å². The first-order chi connectivity index (χ1) is 36.4. The average molecular weight is 972 g/mol. The topological polar surface area (TPSA) is 56.7 Å². The summed E-state index contributed by atoms with van der Waals surface area (Å²) < 4.78 is 10.3. The zero-order chi connectivity index (χ0) is 57.4. The molecule has 78 heavy (non-hydrogen) atoms. The average Bonchev–Trinajstić information content (AvgIpc) is 3.70. The van der Waals surface area contributed by atoms with Crippen LogP contribution < -0.4 is 153 Å². The third-order valence-corrected chi connectivity index (χ3v) is 21.4. The molecule has 0 aliphatic rings. The van der Waals surface area contributed by atoms with Crippen molar-refractivity contribution in [2.45, 2.75) is 0 Å². The van der Waals surface area contributed by atoms with E-state index in [1.807, 2.05) is 0 Å². The van der Waals surface area contributed by atoms with Gasteiger partial charge < -0.3 is 8.98 Å². The molecule has 0 radical (unpaired) electrons. The standard InChI is InChI=1S/C45H56B28N4O/c46-10-2(1-11(47)23(59)30(66)24(60)12(1)48)21(57)38-3(13(10)49)4-14(50)25(61)33(69)35(71)39(4)77(38)40-6-5-15(51)16(52)9(22(58)41(5)78-42(6)37(73)34(70)36(40)72)45-75-43(7-17(53)26(62)31(67)27(63)18(7)54)74-44(76-45)8-19(55)28(64)32(68)29(65)20(8)56/h46-73H2. The minimum atomic E-state index is 0.671. The highest BCUT2D eigenvalue weighted by Crippen LogP contribution is 2.35. The lowest BCUT2D eigenvalue weighted by Crippen LogP contribution is -2.56. The minimum Gasteiger partial charge on any atom is -0.457 e. The number of fused-ring (bicyclic) bond motifs is 6. The fraction of sp³-hybridized carbons (Fsp3) is 0. The molecule has 0 atom stereocenters. The maximum absolute atomic E-state index is 7.55. The Bertz CT molecular complexity index is 4320. The molecule has 0 aliphatic heterocycles. The van der Waals surface area contributed by atoms with Crippen LogP contribution >= 0.6 is 0 Å². The van der Waals surface area contributed by atoms with Crippen LogP contribution in [-0.2, 0) is 0 Å². The molecule has 3 aromatic heterocycles. The molecule has 0 amide bonds. The lowest BCUT2D eigenvalue weighted by Gasteiger charge is -2.26. The molecule has 0 aliphatic carbocycles. The molecule has 0 N–H and O–H groups in total. The Kier molecular flexibility index (Phi) is 13.9. The summed E-state index contributed by atoms with van der Waals surface area (Å²) in [5.41, 5.74) is 47.3. The van der Waals surface area contributed by atoms with Crippen LogP contribution in [0.15, 0.2) is 4.42 Å². The third-order valence-electron chi connectivity index (χ3n) is 21.4. The van der Waals surface area contributed by atoms with Gasteiger partial charge in [-0.25, -0.2) is 15.0 Å². The van der Waals surface area contributed by atoms with Gasteiger partial charge in [-0.05, 0) is 27.4 Å². The van der Waals surface area contributed by atoms with E-state index in [1.165, 1.54) is 181 Å². The van der Waals surface area contributed by atoms with Crippen molar-refractivity contribution in [3.8, 4) is 51.0 Å². The van der Waals surface area contributed by atoms with E-state index in [-0.39, 0.29) is 0 Å². The molecule has 33 heteroatoms. The van der Waals surface area contributed by atoms with Crippen molar-refractivity contribution < 1.29 is 4.42 Å². The Morgan fingerprint density at radius 3 is 0.885 bits per heavy atom. The van der Waals surface area contributed by atoms with Gasteiger partial charge in [0.05, 0.1) is 11.1 Å². The van der Waals surface area contributed by atoms with Crippen molar-refractivity contribution in [1.82, 2.24) is 19.5 Å². The van der Waals surface area contributed by atoms with E-state index in [4.69, 9.17) is 19.4 Å². The number of hydrogen-bond donors (Lipinski definition) is 0. The Balaban J connectivity index is 1.39. The number of hydrogen-bond acceptors (Lipinski definition) is 4. The maximum Gasteiger partial charge on any atom is 0.163 e. The maximum atomic E-state index is 7.55. The van der Waals surface area contributed by atoms with Crippen LogP contribution in [0.1, 0.15) is 0 Å². The molecule has 0 bridgehead atoms. The molecule has 5 nitrogen and oxygen atoms in total. The van der Waals surface area contributed by atoms with Crippen LogP contribution in [0.5, 0.6) is 0 Å². The minimum absolute atomic E-state index is 0.671. The Labute approximate surface area is 488 Å². The van der Waals surface area contributed by atoms with Gasteiger partial charge in [-0.15, -0.1) is 54.6 Å². The lowest BCUT2D eigenvalue weighted by molar-refractivity contribution is 0.674. The van der Waals surface area contributed by atoms with E-state index in [9.17, 15) is 0 Å². The molecular formula is C45H56B28N4O. The van der Waals surface area contributed by atoms with Crippen molar-refractivity contribution >= 4 is 416 Å². The van der Waals surface area contributed by atoms with Crippen LogP contribution in [-0.4, -0.2) is 239 Å². The fourth-order valence-corrected chi connectivity index (χ4v) is 14.3. The molecule has 346 valence electrons. The summed E-state index contributed by atoms with van der Waals surface area (Å²) >= 11 is 0.